The van der Waals surface area contributed by atoms with Gasteiger partial charge in [-0.2, -0.15) is 0 Å². The van der Waals surface area contributed by atoms with E-state index in [0.29, 0.717) is 5.69 Å². The molecule has 0 saturated heterocycles. The van der Waals surface area contributed by atoms with Crippen molar-refractivity contribution in [3.8, 4) is 5.75 Å². The third-order valence-corrected chi connectivity index (χ3v) is 6.30. The van der Waals surface area contributed by atoms with Crippen LogP contribution in [-0.4, -0.2) is 10.0 Å². The lowest BCUT2D eigenvalue weighted by molar-refractivity contribution is -0.384. The molecular weight excluding hydrogens is 438 g/mol. The minimum atomic E-state index is -0.439. The number of azo groups is 1. The zero-order valence-electron chi connectivity index (χ0n) is 21.9. The lowest BCUT2D eigenvalue weighted by atomic mass is 9.80. The van der Waals surface area contributed by atoms with Crippen LogP contribution in [0.15, 0.2) is 64.8 Å². The first-order valence-corrected chi connectivity index (χ1v) is 11.8. The van der Waals surface area contributed by atoms with Gasteiger partial charge in [0.1, 0.15) is 11.4 Å². The zero-order chi connectivity index (χ0) is 26.1. The Balaban J connectivity index is 2.05. The van der Waals surface area contributed by atoms with Crippen LogP contribution in [0.2, 0.25) is 0 Å². The van der Waals surface area contributed by atoms with Crippen LogP contribution in [0.25, 0.3) is 0 Å². The lowest BCUT2D eigenvalue weighted by Crippen LogP contribution is -2.16. The number of nitro groups is 1. The van der Waals surface area contributed by atoms with Gasteiger partial charge in [-0.1, -0.05) is 90.4 Å². The van der Waals surface area contributed by atoms with E-state index in [1.165, 1.54) is 0 Å². The highest BCUT2D eigenvalue weighted by Gasteiger charge is 2.25. The Morgan fingerprint density at radius 3 is 1.94 bits per heavy atom. The number of rotatable bonds is 5. The molecule has 35 heavy (non-hydrogen) atoms. The maximum atomic E-state index is 11.9. The van der Waals surface area contributed by atoms with Gasteiger partial charge in [0.2, 0.25) is 0 Å². The number of hydrogen-bond acceptors (Lipinski definition) is 5. The van der Waals surface area contributed by atoms with Crippen molar-refractivity contribution in [2.24, 2.45) is 10.2 Å². The zero-order valence-corrected chi connectivity index (χ0v) is 21.9. The van der Waals surface area contributed by atoms with E-state index in [1.807, 2.05) is 71.0 Å². The van der Waals surface area contributed by atoms with Gasteiger partial charge in [0.25, 0.3) is 5.69 Å². The van der Waals surface area contributed by atoms with Gasteiger partial charge in [0, 0.05) is 17.5 Å². The minimum Gasteiger partial charge on any atom is -0.505 e. The fourth-order valence-corrected chi connectivity index (χ4v) is 3.90. The van der Waals surface area contributed by atoms with Crippen molar-refractivity contribution in [2.75, 3.05) is 0 Å². The molecule has 0 fully saturated rings. The minimum absolute atomic E-state index is 0.0119. The van der Waals surface area contributed by atoms with Crippen molar-refractivity contribution in [1.29, 1.82) is 0 Å². The van der Waals surface area contributed by atoms with Crippen molar-refractivity contribution < 1.29 is 10.0 Å². The second-order valence-electron chi connectivity index (χ2n) is 11.2. The molecule has 0 aromatic heterocycles. The molecule has 6 nitrogen and oxygen atoms in total. The molecule has 0 heterocycles. The first-order valence-electron chi connectivity index (χ1n) is 11.8. The van der Waals surface area contributed by atoms with E-state index in [4.69, 9.17) is 0 Å². The molecule has 1 unspecified atom stereocenters. The summed E-state index contributed by atoms with van der Waals surface area (Å²) in [5.41, 5.74) is 4.68. The predicted molar refractivity (Wildman–Crippen MR) is 141 cm³/mol. The van der Waals surface area contributed by atoms with Crippen molar-refractivity contribution in [3.05, 3.63) is 92.5 Å². The molecule has 0 saturated carbocycles. The SMILES string of the molecule is Cc1ccc(C(C)c2ccc(N=Nc3cc(C(C)(C)C)cc(C(C)(C)C)c3O)c([N+](=O)[O-])c2)cc1. The average molecular weight is 474 g/mol. The number of hydrogen-bond donors (Lipinski definition) is 1. The molecule has 1 N–H and O–H groups in total. The maximum Gasteiger partial charge on any atom is 0.297 e. The fraction of sp³-hybridized carbons (Fsp3) is 0.379. The monoisotopic (exact) mass is 473 g/mol. The highest BCUT2D eigenvalue weighted by atomic mass is 16.6. The number of phenolic OH excluding ortho intramolecular Hbond substituents is 1. The largest absolute Gasteiger partial charge is 0.505 e. The number of benzene rings is 3. The Labute approximate surface area is 207 Å². The molecule has 0 radical (unpaired) electrons. The molecule has 0 aliphatic heterocycles. The molecule has 3 rings (SSSR count). The van der Waals surface area contributed by atoms with Crippen LogP contribution in [0.3, 0.4) is 0 Å². The number of aryl methyl sites for hydroxylation is 1. The molecule has 3 aromatic rings. The molecule has 0 spiro atoms. The second kappa shape index (κ2) is 9.61. The quantitative estimate of drug-likeness (QED) is 0.228. The maximum absolute atomic E-state index is 11.9. The summed E-state index contributed by atoms with van der Waals surface area (Å²) in [5.74, 6) is 0.0312. The summed E-state index contributed by atoms with van der Waals surface area (Å²) in [6, 6.07) is 17.0. The summed E-state index contributed by atoms with van der Waals surface area (Å²) >= 11 is 0. The van der Waals surface area contributed by atoms with E-state index < -0.39 is 4.92 Å². The number of nitrogens with zero attached hydrogens (tertiary/aromatic N) is 3. The molecule has 0 bridgehead atoms. The van der Waals surface area contributed by atoms with Gasteiger partial charge in [-0.05, 0) is 46.6 Å². The van der Waals surface area contributed by atoms with Crippen LogP contribution < -0.4 is 0 Å². The van der Waals surface area contributed by atoms with E-state index in [2.05, 4.69) is 31.0 Å². The van der Waals surface area contributed by atoms with E-state index in [9.17, 15) is 15.2 Å². The average Bonchev–Trinajstić information content (AvgIpc) is 2.76. The highest BCUT2D eigenvalue weighted by molar-refractivity contribution is 5.62. The molecular formula is C29H35N3O3. The third kappa shape index (κ3) is 5.94. The Hall–Kier alpha value is -3.54. The van der Waals surface area contributed by atoms with Crippen molar-refractivity contribution in [3.63, 3.8) is 0 Å². The van der Waals surface area contributed by atoms with Gasteiger partial charge < -0.3 is 5.11 Å². The lowest BCUT2D eigenvalue weighted by Gasteiger charge is -2.26. The molecule has 0 aliphatic rings. The fourth-order valence-electron chi connectivity index (χ4n) is 3.90. The summed E-state index contributed by atoms with van der Waals surface area (Å²) in [5, 5.41) is 31.3. The Bertz CT molecular complexity index is 1260. The third-order valence-electron chi connectivity index (χ3n) is 6.30. The summed E-state index contributed by atoms with van der Waals surface area (Å²) in [6.07, 6.45) is 0. The smallest absolute Gasteiger partial charge is 0.297 e. The normalized spacial score (nSPS) is 13.3. The van der Waals surface area contributed by atoms with Gasteiger partial charge >= 0.3 is 0 Å². The van der Waals surface area contributed by atoms with Crippen LogP contribution in [0.5, 0.6) is 5.75 Å². The van der Waals surface area contributed by atoms with Crippen LogP contribution in [0.1, 0.15) is 82.2 Å². The Kier molecular flexibility index (Phi) is 7.16. The van der Waals surface area contributed by atoms with Crippen LogP contribution in [-0.2, 0) is 10.8 Å². The van der Waals surface area contributed by atoms with Crippen LogP contribution in [0.4, 0.5) is 17.1 Å². The highest BCUT2D eigenvalue weighted by Crippen LogP contribution is 2.43. The number of nitro benzene ring substituents is 1. The summed E-state index contributed by atoms with van der Waals surface area (Å²) in [4.78, 5) is 11.4. The van der Waals surface area contributed by atoms with Crippen molar-refractivity contribution in [1.82, 2.24) is 0 Å². The topological polar surface area (TPSA) is 88.1 Å². The summed E-state index contributed by atoms with van der Waals surface area (Å²) < 4.78 is 0. The van der Waals surface area contributed by atoms with E-state index in [-0.39, 0.29) is 33.9 Å². The predicted octanol–water partition coefficient (Wildman–Crippen LogP) is 8.77. The second-order valence-corrected chi connectivity index (χ2v) is 11.2. The van der Waals surface area contributed by atoms with E-state index in [1.54, 1.807) is 18.2 Å². The van der Waals surface area contributed by atoms with Gasteiger partial charge in [-0.25, -0.2) is 0 Å². The van der Waals surface area contributed by atoms with Gasteiger partial charge in [-0.3, -0.25) is 10.1 Å². The van der Waals surface area contributed by atoms with E-state index >= 15 is 0 Å². The molecule has 184 valence electrons. The van der Waals surface area contributed by atoms with Gasteiger partial charge in [0.05, 0.1) is 4.92 Å². The number of aromatic hydroxyl groups is 1. The van der Waals surface area contributed by atoms with Crippen LogP contribution in [0, 0.1) is 17.0 Å². The summed E-state index contributed by atoms with van der Waals surface area (Å²) in [6.45, 7) is 16.4. The summed E-state index contributed by atoms with van der Waals surface area (Å²) in [7, 11) is 0. The van der Waals surface area contributed by atoms with Crippen LogP contribution >= 0.6 is 0 Å². The van der Waals surface area contributed by atoms with Gasteiger partial charge in [-0.15, -0.1) is 10.2 Å². The first-order chi connectivity index (χ1) is 16.2. The molecule has 0 aliphatic carbocycles. The van der Waals surface area contributed by atoms with Crippen molar-refractivity contribution in [2.45, 2.75) is 72.1 Å². The molecule has 0 amide bonds. The number of phenols is 1. The molecule has 3 aromatic carbocycles. The Morgan fingerprint density at radius 2 is 1.40 bits per heavy atom. The standard InChI is InChI=1S/C29H35N3O3/c1-18-9-11-20(12-10-18)19(2)21-13-14-24(26(15-21)32(34)35)30-31-25-17-22(28(3,4)5)16-23(27(25)33)29(6,7)8/h9-17,19,33H,1-8H3. The molecule has 1 atom stereocenters. The molecule has 6 heteroatoms. The van der Waals surface area contributed by atoms with Crippen molar-refractivity contribution >= 4 is 17.1 Å². The first kappa shape index (κ1) is 26.1. The van der Waals surface area contributed by atoms with E-state index in [0.717, 1.165) is 27.8 Å². The Morgan fingerprint density at radius 1 is 0.829 bits per heavy atom. The van der Waals surface area contributed by atoms with Gasteiger partial charge in [0.15, 0.2) is 5.69 Å².